The number of benzene rings is 3. The molecule has 0 bridgehead atoms. The van der Waals surface area contributed by atoms with Crippen molar-refractivity contribution in [3.05, 3.63) is 99.6 Å². The van der Waals surface area contributed by atoms with Crippen LogP contribution in [0.4, 0.5) is 4.39 Å². The second-order valence-corrected chi connectivity index (χ2v) is 10.6. The van der Waals surface area contributed by atoms with Crippen molar-refractivity contribution in [1.82, 2.24) is 0 Å². The molecule has 1 aliphatic heterocycles. The first-order chi connectivity index (χ1) is 19.2. The highest BCUT2D eigenvalue weighted by molar-refractivity contribution is 5.81. The summed E-state index contributed by atoms with van der Waals surface area (Å²) in [7, 11) is 1.38. The number of allylic oxidation sites excluding steroid dienone is 3. The van der Waals surface area contributed by atoms with Gasteiger partial charge in [-0.15, -0.1) is 0 Å². The number of hydrogen-bond acceptors (Lipinski definition) is 6. The summed E-state index contributed by atoms with van der Waals surface area (Å²) in [6.07, 6.45) is 4.65. The van der Waals surface area contributed by atoms with Crippen molar-refractivity contribution in [3.8, 4) is 22.6 Å². The summed E-state index contributed by atoms with van der Waals surface area (Å²) in [5.74, 6) is 0.723. The van der Waals surface area contributed by atoms with Crippen LogP contribution in [-0.2, 0) is 16.0 Å². The number of ether oxygens (including phenoxy) is 3. The Hall–Kier alpha value is -4.26. The molecule has 5 rings (SSSR count). The van der Waals surface area contributed by atoms with Crippen LogP contribution >= 0.6 is 0 Å². The van der Waals surface area contributed by atoms with E-state index in [1.807, 2.05) is 37.3 Å². The third-order valence-electron chi connectivity index (χ3n) is 7.76. The van der Waals surface area contributed by atoms with E-state index in [9.17, 15) is 4.79 Å². The largest absolute Gasteiger partial charge is 0.492 e. The summed E-state index contributed by atoms with van der Waals surface area (Å²) in [6, 6.07) is 13.2. The van der Waals surface area contributed by atoms with E-state index in [0.717, 1.165) is 44.5 Å². The third-order valence-corrected chi connectivity index (χ3v) is 7.76. The summed E-state index contributed by atoms with van der Waals surface area (Å²) < 4.78 is 32.3. The lowest BCUT2D eigenvalue weighted by Gasteiger charge is -2.19. The lowest BCUT2D eigenvalue weighted by atomic mass is 9.88. The van der Waals surface area contributed by atoms with Gasteiger partial charge >= 0.3 is 5.97 Å². The number of carbonyl (C=O) groups excluding carboxylic acids is 1. The Bertz CT molecular complexity index is 1510. The van der Waals surface area contributed by atoms with Gasteiger partial charge in [-0.05, 0) is 90.8 Å². The molecule has 4 N–H and O–H groups in total. The Labute approximate surface area is 234 Å². The molecule has 1 aliphatic carbocycles. The molecule has 3 aromatic rings. The van der Waals surface area contributed by atoms with Gasteiger partial charge in [-0.3, -0.25) is 4.79 Å². The summed E-state index contributed by atoms with van der Waals surface area (Å²) in [5, 5.41) is 0. The fourth-order valence-corrected chi connectivity index (χ4v) is 6.00. The van der Waals surface area contributed by atoms with Crippen molar-refractivity contribution in [3.63, 3.8) is 0 Å². The number of aryl methyl sites for hydroxylation is 2. The minimum Gasteiger partial charge on any atom is -0.492 e. The van der Waals surface area contributed by atoms with E-state index >= 15 is 4.39 Å². The van der Waals surface area contributed by atoms with Gasteiger partial charge in [-0.2, -0.15) is 0 Å². The molecule has 0 spiro atoms. The molecular formula is C33H35FN2O4. The number of esters is 1. The highest BCUT2D eigenvalue weighted by atomic mass is 19.1. The molecule has 208 valence electrons. The zero-order valence-corrected chi connectivity index (χ0v) is 23.3. The van der Waals surface area contributed by atoms with Gasteiger partial charge in [0.05, 0.1) is 20.1 Å². The van der Waals surface area contributed by atoms with E-state index < -0.39 is 6.10 Å². The first-order valence-electron chi connectivity index (χ1n) is 13.5. The molecule has 7 heteroatoms. The maximum atomic E-state index is 15.3. The van der Waals surface area contributed by atoms with Crippen LogP contribution in [-0.4, -0.2) is 19.7 Å². The number of carbonyl (C=O) groups is 1. The molecule has 0 unspecified atom stereocenters. The maximum absolute atomic E-state index is 15.3. The van der Waals surface area contributed by atoms with E-state index in [0.29, 0.717) is 42.2 Å². The van der Waals surface area contributed by atoms with E-state index in [2.05, 4.69) is 26.0 Å². The maximum Gasteiger partial charge on any atom is 0.306 e. The van der Waals surface area contributed by atoms with Gasteiger partial charge in [0, 0.05) is 35.0 Å². The molecule has 40 heavy (non-hydrogen) atoms. The van der Waals surface area contributed by atoms with E-state index in [4.69, 9.17) is 25.7 Å². The SMILES string of the molecule is COC(=O)C[C@@H]1COc2cc(O[C@@H]3CCc4c(-c5c(C)cc(C(/C=C(/C)N)=C/N)cc5C)ccc(F)c43)ccc21. The minimum atomic E-state index is -0.412. The lowest BCUT2D eigenvalue weighted by Crippen LogP contribution is -2.09. The highest BCUT2D eigenvalue weighted by Crippen LogP contribution is 2.45. The fraction of sp³-hybridized carbons (Fsp3) is 0.303. The molecule has 0 fully saturated rings. The molecule has 3 aromatic carbocycles. The average molecular weight is 543 g/mol. The second kappa shape index (κ2) is 11.1. The predicted octanol–water partition coefficient (Wildman–Crippen LogP) is 6.38. The molecule has 0 saturated heterocycles. The molecule has 0 aromatic heterocycles. The normalized spacial score (nSPS) is 18.2. The van der Waals surface area contributed by atoms with Crippen LogP contribution in [0.25, 0.3) is 16.7 Å². The Kier molecular flexibility index (Phi) is 7.57. The predicted molar refractivity (Wildman–Crippen MR) is 154 cm³/mol. The van der Waals surface area contributed by atoms with E-state index in [-0.39, 0.29) is 24.1 Å². The van der Waals surface area contributed by atoms with Gasteiger partial charge in [0.1, 0.15) is 23.4 Å². The van der Waals surface area contributed by atoms with Crippen molar-refractivity contribution < 1.29 is 23.4 Å². The van der Waals surface area contributed by atoms with Crippen LogP contribution in [0, 0.1) is 19.7 Å². The Morgan fingerprint density at radius 1 is 1.15 bits per heavy atom. The summed E-state index contributed by atoms with van der Waals surface area (Å²) >= 11 is 0. The first kappa shape index (κ1) is 27.3. The molecule has 6 nitrogen and oxygen atoms in total. The number of hydrogen-bond donors (Lipinski definition) is 2. The average Bonchev–Trinajstić information content (AvgIpc) is 3.52. The van der Waals surface area contributed by atoms with Crippen LogP contribution < -0.4 is 20.9 Å². The van der Waals surface area contributed by atoms with Gasteiger partial charge in [-0.25, -0.2) is 4.39 Å². The van der Waals surface area contributed by atoms with E-state index in [1.54, 1.807) is 6.20 Å². The quantitative estimate of drug-likeness (QED) is 0.266. The topological polar surface area (TPSA) is 96.8 Å². The van der Waals surface area contributed by atoms with Gasteiger partial charge < -0.3 is 25.7 Å². The standard InChI is InChI=1S/C33H35FN2O4/c1-18-11-21(22(16-35)13-20(3)36)12-19(2)32(18)26-7-9-28(34)33-27(26)8-10-29(33)40-24-5-6-25-23(14-31(37)38-4)17-39-30(25)15-24/h5-7,9,11-13,15-16,23,29H,8,10,14,17,35-36H2,1-4H3/b20-13-,22-16+/t23-,29-/m1/s1. The summed E-state index contributed by atoms with van der Waals surface area (Å²) in [5.41, 5.74) is 21.1. The van der Waals surface area contributed by atoms with E-state index in [1.165, 1.54) is 13.2 Å². The van der Waals surface area contributed by atoms with Crippen molar-refractivity contribution in [1.29, 1.82) is 0 Å². The Balaban J connectivity index is 1.44. The number of rotatable bonds is 7. The number of nitrogens with two attached hydrogens (primary N) is 2. The van der Waals surface area contributed by atoms with Crippen molar-refractivity contribution in [2.24, 2.45) is 11.5 Å². The molecule has 0 radical (unpaired) electrons. The van der Waals surface area contributed by atoms with Gasteiger partial charge in [-0.1, -0.05) is 24.3 Å². The molecule has 0 amide bonds. The monoisotopic (exact) mass is 542 g/mol. The summed E-state index contributed by atoms with van der Waals surface area (Å²) in [6.45, 7) is 6.38. The second-order valence-electron chi connectivity index (χ2n) is 10.6. The fourth-order valence-electron chi connectivity index (χ4n) is 6.00. The number of methoxy groups -OCH3 is 1. The number of fused-ring (bicyclic) bond motifs is 2. The molecule has 2 aliphatic rings. The smallest absolute Gasteiger partial charge is 0.306 e. The summed E-state index contributed by atoms with van der Waals surface area (Å²) in [4.78, 5) is 11.7. The molecule has 0 saturated carbocycles. The first-order valence-corrected chi connectivity index (χ1v) is 13.5. The minimum absolute atomic E-state index is 0.0478. The van der Waals surface area contributed by atoms with Crippen LogP contribution in [0.1, 0.15) is 65.2 Å². The number of halogens is 1. The molecule has 2 atom stereocenters. The van der Waals surface area contributed by atoms with Crippen molar-refractivity contribution in [2.75, 3.05) is 13.7 Å². The van der Waals surface area contributed by atoms with Crippen molar-refractivity contribution in [2.45, 2.75) is 52.1 Å². The van der Waals surface area contributed by atoms with Crippen molar-refractivity contribution >= 4 is 11.5 Å². The van der Waals surface area contributed by atoms with Crippen LogP contribution in [0.15, 0.2) is 60.4 Å². The third kappa shape index (κ3) is 5.16. The van der Waals surface area contributed by atoms with Gasteiger partial charge in [0.15, 0.2) is 0 Å². The van der Waals surface area contributed by atoms with Gasteiger partial charge in [0.2, 0.25) is 0 Å². The lowest BCUT2D eigenvalue weighted by molar-refractivity contribution is -0.141. The zero-order chi connectivity index (χ0) is 28.6. The zero-order valence-electron chi connectivity index (χ0n) is 23.3. The Morgan fingerprint density at radius 2 is 1.90 bits per heavy atom. The van der Waals surface area contributed by atoms with Crippen LogP contribution in [0.5, 0.6) is 11.5 Å². The highest BCUT2D eigenvalue weighted by Gasteiger charge is 2.32. The van der Waals surface area contributed by atoms with Gasteiger partial charge in [0.25, 0.3) is 0 Å². The Morgan fingerprint density at radius 3 is 2.58 bits per heavy atom. The van der Waals surface area contributed by atoms with Crippen LogP contribution in [0.3, 0.4) is 0 Å². The van der Waals surface area contributed by atoms with Crippen LogP contribution in [0.2, 0.25) is 0 Å². The molecular weight excluding hydrogens is 507 g/mol. The molecule has 1 heterocycles.